The van der Waals surface area contributed by atoms with Crippen LogP contribution >= 0.6 is 0 Å². The Hall–Kier alpha value is -2.94. The molecule has 30 heavy (non-hydrogen) atoms. The Morgan fingerprint density at radius 3 is 2.60 bits per heavy atom. The minimum absolute atomic E-state index is 0.00556. The average Bonchev–Trinajstić information content (AvgIpc) is 3.26. The number of likely N-dealkylation sites (tertiary alicyclic amines) is 1. The number of carbonyl (C=O) groups excluding carboxylic acids is 2. The van der Waals surface area contributed by atoms with Crippen molar-refractivity contribution in [2.24, 2.45) is 0 Å². The van der Waals surface area contributed by atoms with Crippen molar-refractivity contribution in [3.63, 3.8) is 0 Å². The van der Waals surface area contributed by atoms with E-state index in [1.165, 1.54) is 0 Å². The summed E-state index contributed by atoms with van der Waals surface area (Å²) in [6.45, 7) is 1.23. The fraction of sp³-hybridized carbons (Fsp3) is 0.524. The smallest absolute Gasteiger partial charge is 0.222 e. The van der Waals surface area contributed by atoms with E-state index in [9.17, 15) is 14.7 Å². The average molecular weight is 415 g/mol. The van der Waals surface area contributed by atoms with E-state index in [1.807, 2.05) is 24.3 Å². The van der Waals surface area contributed by atoms with Gasteiger partial charge in [0.15, 0.2) is 0 Å². The van der Waals surface area contributed by atoms with Crippen molar-refractivity contribution in [3.8, 4) is 5.75 Å². The summed E-state index contributed by atoms with van der Waals surface area (Å²) in [6.07, 6.45) is 5.17. The minimum atomic E-state index is -0.632. The van der Waals surface area contributed by atoms with Gasteiger partial charge >= 0.3 is 0 Å². The maximum atomic E-state index is 12.6. The van der Waals surface area contributed by atoms with Crippen LogP contribution in [0.3, 0.4) is 0 Å². The molecule has 2 N–H and O–H groups in total. The lowest BCUT2D eigenvalue weighted by Crippen LogP contribution is -2.54. The van der Waals surface area contributed by atoms with Gasteiger partial charge in [-0.1, -0.05) is 12.1 Å². The quantitative estimate of drug-likeness (QED) is 0.626. The normalized spacial score (nSPS) is 18.8. The number of aliphatic hydroxyl groups excluding tert-OH is 1. The molecule has 1 aromatic heterocycles. The molecule has 0 spiro atoms. The fourth-order valence-corrected chi connectivity index (χ4v) is 3.64. The first kappa shape index (κ1) is 21.8. The van der Waals surface area contributed by atoms with Gasteiger partial charge in [0, 0.05) is 38.5 Å². The van der Waals surface area contributed by atoms with Gasteiger partial charge in [-0.2, -0.15) is 0 Å². The lowest BCUT2D eigenvalue weighted by molar-refractivity contribution is -0.136. The van der Waals surface area contributed by atoms with E-state index in [4.69, 9.17) is 4.74 Å². The number of β-amino-alcohol motifs (C(OH)–C–C–N with tert-alkyl or cyclic N) is 1. The molecule has 0 bridgehead atoms. The summed E-state index contributed by atoms with van der Waals surface area (Å²) >= 11 is 0. The van der Waals surface area contributed by atoms with Crippen LogP contribution in [0.2, 0.25) is 0 Å². The Balaban J connectivity index is 1.41. The van der Waals surface area contributed by atoms with Gasteiger partial charge in [-0.15, -0.1) is 10.2 Å². The van der Waals surface area contributed by atoms with Crippen molar-refractivity contribution in [3.05, 3.63) is 42.5 Å². The molecule has 1 fully saturated rings. The zero-order valence-corrected chi connectivity index (χ0v) is 17.2. The highest BCUT2D eigenvalue weighted by atomic mass is 16.5. The molecule has 0 aliphatic carbocycles. The Morgan fingerprint density at radius 2 is 1.90 bits per heavy atom. The molecular formula is C21H29N5O4. The van der Waals surface area contributed by atoms with E-state index in [0.717, 1.165) is 24.2 Å². The molecule has 0 radical (unpaired) electrons. The summed E-state index contributed by atoms with van der Waals surface area (Å²) < 4.78 is 6.88. The SMILES string of the molecule is COc1ccc(CCCC(=O)N2C[C@H](O)C[C@H](NC(=O)CCn3cnnc3)C2)cc1. The number of aryl methyl sites for hydroxylation is 2. The van der Waals surface area contributed by atoms with Gasteiger partial charge in [0.1, 0.15) is 18.4 Å². The zero-order valence-electron chi connectivity index (χ0n) is 17.2. The third-order valence-corrected chi connectivity index (χ3v) is 5.23. The topological polar surface area (TPSA) is 110 Å². The van der Waals surface area contributed by atoms with Crippen molar-refractivity contribution >= 4 is 11.8 Å². The highest BCUT2D eigenvalue weighted by Gasteiger charge is 2.29. The number of nitrogens with one attached hydrogen (secondary N) is 1. The first-order valence-corrected chi connectivity index (χ1v) is 10.2. The van der Waals surface area contributed by atoms with E-state index in [0.29, 0.717) is 38.9 Å². The van der Waals surface area contributed by atoms with Crippen molar-refractivity contribution in [1.29, 1.82) is 0 Å². The van der Waals surface area contributed by atoms with Gasteiger partial charge in [0.05, 0.1) is 13.2 Å². The zero-order chi connectivity index (χ0) is 21.3. The van der Waals surface area contributed by atoms with Gasteiger partial charge in [-0.25, -0.2) is 0 Å². The number of hydrogen-bond acceptors (Lipinski definition) is 6. The van der Waals surface area contributed by atoms with E-state index in [2.05, 4.69) is 15.5 Å². The molecule has 162 valence electrons. The third kappa shape index (κ3) is 6.55. The standard InChI is InChI=1S/C21H29N5O4/c1-30-19-7-5-16(6-8-19)3-2-4-21(29)26-12-17(11-18(27)13-26)24-20(28)9-10-25-14-22-23-15-25/h5-8,14-15,17-18,27H,2-4,9-13H2,1H3,(H,24,28)/t17-,18+/m0/s1. The summed E-state index contributed by atoms with van der Waals surface area (Å²) in [7, 11) is 1.63. The van der Waals surface area contributed by atoms with E-state index >= 15 is 0 Å². The second kappa shape index (κ2) is 10.7. The highest BCUT2D eigenvalue weighted by molar-refractivity contribution is 5.77. The van der Waals surface area contributed by atoms with Gasteiger partial charge in [-0.05, 0) is 37.0 Å². The van der Waals surface area contributed by atoms with Crippen LogP contribution in [-0.4, -0.2) is 68.9 Å². The first-order valence-electron chi connectivity index (χ1n) is 10.2. The Bertz CT molecular complexity index is 809. The number of nitrogens with zero attached hydrogens (tertiary/aromatic N) is 4. The van der Waals surface area contributed by atoms with Crippen LogP contribution in [0, 0.1) is 0 Å². The van der Waals surface area contributed by atoms with Crippen molar-refractivity contribution < 1.29 is 19.4 Å². The van der Waals surface area contributed by atoms with Crippen LogP contribution in [0.1, 0.15) is 31.2 Å². The van der Waals surface area contributed by atoms with Crippen LogP contribution in [0.15, 0.2) is 36.9 Å². The van der Waals surface area contributed by atoms with Crippen molar-refractivity contribution in [2.75, 3.05) is 20.2 Å². The number of ether oxygens (including phenoxy) is 1. The molecular weight excluding hydrogens is 386 g/mol. The molecule has 2 heterocycles. The van der Waals surface area contributed by atoms with Crippen molar-refractivity contribution in [2.45, 2.75) is 50.8 Å². The molecule has 1 aromatic carbocycles. The number of piperidine rings is 1. The maximum absolute atomic E-state index is 12.6. The van der Waals surface area contributed by atoms with Crippen LogP contribution in [0.5, 0.6) is 5.75 Å². The number of amides is 2. The molecule has 9 nitrogen and oxygen atoms in total. The van der Waals surface area contributed by atoms with Gasteiger partial charge in [0.2, 0.25) is 11.8 Å². The number of hydrogen-bond donors (Lipinski definition) is 2. The summed E-state index contributed by atoms with van der Waals surface area (Å²) in [5, 5.41) is 20.5. The molecule has 1 saturated heterocycles. The molecule has 9 heteroatoms. The second-order valence-electron chi connectivity index (χ2n) is 7.60. The lowest BCUT2D eigenvalue weighted by Gasteiger charge is -2.36. The van der Waals surface area contributed by atoms with Gasteiger partial charge < -0.3 is 24.6 Å². The highest BCUT2D eigenvalue weighted by Crippen LogP contribution is 2.16. The molecule has 2 amide bonds. The number of aliphatic hydroxyl groups is 1. The summed E-state index contributed by atoms with van der Waals surface area (Å²) in [4.78, 5) is 26.5. The minimum Gasteiger partial charge on any atom is -0.497 e. The number of benzene rings is 1. The summed E-state index contributed by atoms with van der Waals surface area (Å²) in [6, 6.07) is 7.58. The number of aromatic nitrogens is 3. The van der Waals surface area contributed by atoms with E-state index < -0.39 is 6.10 Å². The van der Waals surface area contributed by atoms with Crippen LogP contribution in [-0.2, 0) is 22.6 Å². The van der Waals surface area contributed by atoms with Gasteiger partial charge in [0.25, 0.3) is 0 Å². The van der Waals surface area contributed by atoms with Crippen LogP contribution in [0.4, 0.5) is 0 Å². The first-order chi connectivity index (χ1) is 14.5. The Kier molecular flexibility index (Phi) is 7.78. The Labute approximate surface area is 176 Å². The summed E-state index contributed by atoms with van der Waals surface area (Å²) in [5.41, 5.74) is 1.15. The molecule has 3 rings (SSSR count). The Morgan fingerprint density at radius 1 is 1.17 bits per heavy atom. The predicted molar refractivity (Wildman–Crippen MR) is 110 cm³/mol. The second-order valence-corrected chi connectivity index (χ2v) is 7.60. The largest absolute Gasteiger partial charge is 0.497 e. The molecule has 0 unspecified atom stereocenters. The van der Waals surface area contributed by atoms with Crippen LogP contribution in [0.25, 0.3) is 0 Å². The van der Waals surface area contributed by atoms with Crippen LogP contribution < -0.4 is 10.1 Å². The third-order valence-electron chi connectivity index (χ3n) is 5.23. The predicted octanol–water partition coefficient (Wildman–Crippen LogP) is 0.778. The monoisotopic (exact) mass is 415 g/mol. The fourth-order valence-electron chi connectivity index (χ4n) is 3.64. The molecule has 2 atom stereocenters. The maximum Gasteiger partial charge on any atom is 0.222 e. The molecule has 1 aliphatic heterocycles. The molecule has 1 aliphatic rings. The number of rotatable bonds is 9. The number of carbonyl (C=O) groups is 2. The van der Waals surface area contributed by atoms with E-state index in [1.54, 1.807) is 29.2 Å². The number of methoxy groups -OCH3 is 1. The molecule has 0 saturated carbocycles. The summed E-state index contributed by atoms with van der Waals surface area (Å²) in [5.74, 6) is 0.701. The van der Waals surface area contributed by atoms with Crippen molar-refractivity contribution in [1.82, 2.24) is 25.0 Å². The molecule has 2 aromatic rings. The van der Waals surface area contributed by atoms with E-state index in [-0.39, 0.29) is 17.9 Å². The van der Waals surface area contributed by atoms with Gasteiger partial charge in [-0.3, -0.25) is 9.59 Å². The lowest BCUT2D eigenvalue weighted by atomic mass is 10.0.